The van der Waals surface area contributed by atoms with Crippen LogP contribution in [0.25, 0.3) is 0 Å². The van der Waals surface area contributed by atoms with E-state index in [1.807, 2.05) is 66.7 Å². The van der Waals surface area contributed by atoms with E-state index in [1.165, 1.54) is 0 Å². The normalized spacial score (nSPS) is 14.2. The zero-order valence-electron chi connectivity index (χ0n) is 21.5. The molecule has 0 saturated heterocycles. The molecular weight excluding hydrogens is 564 g/mol. The first-order valence-electron chi connectivity index (χ1n) is 13.2. The molecule has 1 N–H and O–H groups in total. The Morgan fingerprint density at radius 3 is 2.39 bits per heavy atom. The Kier molecular flexibility index (Phi) is 10.6. The molecule has 1 aliphatic rings. The van der Waals surface area contributed by atoms with Crippen molar-refractivity contribution in [3.8, 4) is 5.75 Å². The number of nitrogens with zero attached hydrogens (tertiary/aromatic N) is 1. The van der Waals surface area contributed by atoms with Gasteiger partial charge in [-0.2, -0.15) is 0 Å². The van der Waals surface area contributed by atoms with E-state index in [0.717, 1.165) is 41.3 Å². The number of carbonyl (C=O) groups excluding carboxylic acids is 2. The summed E-state index contributed by atoms with van der Waals surface area (Å²) >= 11 is 9.49. The Morgan fingerprint density at radius 2 is 1.68 bits per heavy atom. The molecule has 3 aromatic carbocycles. The van der Waals surface area contributed by atoms with E-state index in [9.17, 15) is 9.59 Å². The second kappa shape index (κ2) is 14.4. The third-order valence-electron chi connectivity index (χ3n) is 6.83. The van der Waals surface area contributed by atoms with Gasteiger partial charge in [-0.3, -0.25) is 9.59 Å². The van der Waals surface area contributed by atoms with Crippen molar-refractivity contribution in [3.63, 3.8) is 0 Å². The summed E-state index contributed by atoms with van der Waals surface area (Å²) in [6.45, 7) is 0.752. The van der Waals surface area contributed by atoms with E-state index in [0.29, 0.717) is 36.8 Å². The number of benzene rings is 3. The Labute approximate surface area is 238 Å². The Balaban J connectivity index is 1.51. The second-order valence-corrected chi connectivity index (χ2v) is 11.1. The molecule has 0 bridgehead atoms. The van der Waals surface area contributed by atoms with Crippen molar-refractivity contribution in [3.05, 3.63) is 99.5 Å². The lowest BCUT2D eigenvalue weighted by atomic mass is 10.0. The fourth-order valence-corrected chi connectivity index (χ4v) is 5.41. The smallest absolute Gasteiger partial charge is 0.243 e. The van der Waals surface area contributed by atoms with Crippen LogP contribution in [0, 0.1) is 0 Å². The van der Waals surface area contributed by atoms with Gasteiger partial charge in [-0.05, 0) is 66.8 Å². The van der Waals surface area contributed by atoms with Crippen molar-refractivity contribution < 1.29 is 14.3 Å². The molecule has 0 spiro atoms. The van der Waals surface area contributed by atoms with Gasteiger partial charge in [0.05, 0.1) is 6.61 Å². The van der Waals surface area contributed by atoms with E-state index in [2.05, 4.69) is 21.2 Å². The molecule has 1 atom stereocenters. The summed E-state index contributed by atoms with van der Waals surface area (Å²) in [4.78, 5) is 29.2. The van der Waals surface area contributed by atoms with Crippen LogP contribution >= 0.6 is 27.5 Å². The number of halogens is 2. The van der Waals surface area contributed by atoms with E-state index in [-0.39, 0.29) is 24.3 Å². The van der Waals surface area contributed by atoms with Gasteiger partial charge in [-0.25, -0.2) is 0 Å². The first kappa shape index (κ1) is 28.2. The highest BCUT2D eigenvalue weighted by Crippen LogP contribution is 2.22. The van der Waals surface area contributed by atoms with Crippen LogP contribution in [0.4, 0.5) is 0 Å². The highest BCUT2D eigenvalue weighted by molar-refractivity contribution is 9.10. The van der Waals surface area contributed by atoms with Gasteiger partial charge < -0.3 is 15.0 Å². The fraction of sp³-hybridized carbons (Fsp3) is 0.355. The molecule has 3 aromatic rings. The number of amides is 2. The predicted octanol–water partition coefficient (Wildman–Crippen LogP) is 6.96. The van der Waals surface area contributed by atoms with Crippen molar-refractivity contribution in [1.29, 1.82) is 0 Å². The maximum atomic E-state index is 13.7. The van der Waals surface area contributed by atoms with Crippen LogP contribution in [0.5, 0.6) is 5.75 Å². The topological polar surface area (TPSA) is 58.6 Å². The van der Waals surface area contributed by atoms with E-state index in [1.54, 1.807) is 17.0 Å². The van der Waals surface area contributed by atoms with Crippen molar-refractivity contribution >= 4 is 39.3 Å². The molecule has 2 amide bonds. The lowest BCUT2D eigenvalue weighted by molar-refractivity contribution is -0.141. The summed E-state index contributed by atoms with van der Waals surface area (Å²) in [5.74, 6) is 0.569. The van der Waals surface area contributed by atoms with Crippen LogP contribution in [0.15, 0.2) is 83.3 Å². The Hall–Kier alpha value is -2.83. The van der Waals surface area contributed by atoms with Crippen LogP contribution in [-0.4, -0.2) is 35.4 Å². The molecule has 0 radical (unpaired) electrons. The summed E-state index contributed by atoms with van der Waals surface area (Å²) in [7, 11) is 0. The van der Waals surface area contributed by atoms with Crippen LogP contribution < -0.4 is 10.1 Å². The Bertz CT molecular complexity index is 1180. The third-order valence-corrected chi connectivity index (χ3v) is 7.58. The van der Waals surface area contributed by atoms with Crippen LogP contribution in [-0.2, 0) is 22.6 Å². The number of rotatable bonds is 12. The minimum absolute atomic E-state index is 0.0628. The summed E-state index contributed by atoms with van der Waals surface area (Å²) in [6.07, 6.45) is 5.52. The molecule has 0 heterocycles. The molecule has 0 aromatic heterocycles. The highest BCUT2D eigenvalue weighted by Gasteiger charge is 2.32. The number of carbonyl (C=O) groups is 2. The minimum atomic E-state index is -0.610. The third kappa shape index (κ3) is 8.60. The molecule has 5 nitrogen and oxygen atoms in total. The molecule has 0 unspecified atom stereocenters. The lowest BCUT2D eigenvalue weighted by Gasteiger charge is -2.32. The monoisotopic (exact) mass is 596 g/mol. The molecule has 1 saturated carbocycles. The van der Waals surface area contributed by atoms with Crippen molar-refractivity contribution in [2.24, 2.45) is 0 Å². The molecule has 200 valence electrons. The van der Waals surface area contributed by atoms with Gasteiger partial charge in [0.25, 0.3) is 0 Å². The van der Waals surface area contributed by atoms with Gasteiger partial charge in [0.2, 0.25) is 11.8 Å². The molecule has 7 heteroatoms. The maximum Gasteiger partial charge on any atom is 0.243 e. The average Bonchev–Trinajstić information content (AvgIpc) is 3.43. The van der Waals surface area contributed by atoms with Crippen molar-refractivity contribution in [2.75, 3.05) is 6.61 Å². The maximum absolute atomic E-state index is 13.7. The zero-order chi connectivity index (χ0) is 26.7. The molecule has 1 fully saturated rings. The van der Waals surface area contributed by atoms with E-state index in [4.69, 9.17) is 16.3 Å². The van der Waals surface area contributed by atoms with Crippen LogP contribution in [0.3, 0.4) is 0 Å². The average molecular weight is 598 g/mol. The number of ether oxygens (including phenoxy) is 1. The number of hydrogen-bond donors (Lipinski definition) is 1. The summed E-state index contributed by atoms with van der Waals surface area (Å²) in [5, 5.41) is 3.90. The van der Waals surface area contributed by atoms with E-state index < -0.39 is 6.04 Å². The molecular formula is C31H34BrClN2O3. The van der Waals surface area contributed by atoms with Gasteiger partial charge in [0.15, 0.2) is 0 Å². The lowest BCUT2D eigenvalue weighted by Crippen LogP contribution is -2.52. The zero-order valence-corrected chi connectivity index (χ0v) is 23.8. The van der Waals surface area contributed by atoms with Gasteiger partial charge in [0.1, 0.15) is 11.8 Å². The minimum Gasteiger partial charge on any atom is -0.494 e. The van der Waals surface area contributed by atoms with E-state index >= 15 is 0 Å². The quantitative estimate of drug-likeness (QED) is 0.230. The second-order valence-electron chi connectivity index (χ2n) is 9.75. The molecule has 4 rings (SSSR count). The van der Waals surface area contributed by atoms with Crippen molar-refractivity contribution in [2.45, 2.75) is 63.6 Å². The van der Waals surface area contributed by atoms with Crippen LogP contribution in [0.1, 0.15) is 49.7 Å². The molecule has 0 aliphatic heterocycles. The number of nitrogens with one attached hydrogen (secondary N) is 1. The van der Waals surface area contributed by atoms with Gasteiger partial charge >= 0.3 is 0 Å². The highest BCUT2D eigenvalue weighted by atomic mass is 79.9. The van der Waals surface area contributed by atoms with Gasteiger partial charge in [-0.1, -0.05) is 82.8 Å². The van der Waals surface area contributed by atoms with Crippen LogP contribution in [0.2, 0.25) is 5.02 Å². The standard InChI is InChI=1S/C31H34BrClN2O3/c32-25-11-6-10-24(20-25)22-35(30(36)14-7-19-38-28-17-15-26(33)16-18-28)29(21-23-8-2-1-3-9-23)31(37)34-27-12-4-5-13-27/h1-3,6,8-11,15-18,20,27,29H,4-5,7,12-14,19,21-22H2,(H,34,37)/t29-/m1/s1. The first-order valence-corrected chi connectivity index (χ1v) is 14.4. The largest absolute Gasteiger partial charge is 0.494 e. The van der Waals surface area contributed by atoms with Gasteiger partial charge in [-0.15, -0.1) is 0 Å². The Morgan fingerprint density at radius 1 is 0.974 bits per heavy atom. The van der Waals surface area contributed by atoms with Crippen molar-refractivity contribution in [1.82, 2.24) is 10.2 Å². The SMILES string of the molecule is O=C(NC1CCCC1)[C@@H](Cc1ccccc1)N(Cc1cccc(Br)c1)C(=O)CCCOc1ccc(Cl)cc1. The summed E-state index contributed by atoms with van der Waals surface area (Å²) in [6, 6.07) is 24.6. The molecule has 1 aliphatic carbocycles. The predicted molar refractivity (Wildman–Crippen MR) is 155 cm³/mol. The fourth-order valence-electron chi connectivity index (χ4n) is 4.84. The van der Waals surface area contributed by atoms with Gasteiger partial charge in [0, 0.05) is 34.9 Å². The summed E-state index contributed by atoms with van der Waals surface area (Å²) < 4.78 is 6.74. The summed E-state index contributed by atoms with van der Waals surface area (Å²) in [5.41, 5.74) is 1.99. The number of hydrogen-bond acceptors (Lipinski definition) is 3. The molecule has 38 heavy (non-hydrogen) atoms. The first-order chi connectivity index (χ1) is 18.5.